The molecule has 36 heavy (non-hydrogen) atoms. The van der Waals surface area contributed by atoms with Crippen LogP contribution in [0.1, 0.15) is 51.4 Å². The summed E-state index contributed by atoms with van der Waals surface area (Å²) in [4.78, 5) is 11.6. The maximum absolute atomic E-state index is 10.2. The lowest BCUT2D eigenvalue weighted by atomic mass is 9.77. The topological polar surface area (TPSA) is 132 Å². The van der Waals surface area contributed by atoms with E-state index in [4.69, 9.17) is 15.1 Å². The van der Waals surface area contributed by atoms with Gasteiger partial charge in [-0.15, -0.1) is 0 Å². The van der Waals surface area contributed by atoms with Crippen molar-refractivity contribution in [3.05, 3.63) is 35.8 Å². The van der Waals surface area contributed by atoms with Crippen molar-refractivity contribution in [3.63, 3.8) is 0 Å². The number of anilines is 3. The molecule has 10 heteroatoms. The van der Waals surface area contributed by atoms with Gasteiger partial charge in [0.05, 0.1) is 43.2 Å². The Morgan fingerprint density at radius 1 is 1.28 bits per heavy atom. The van der Waals surface area contributed by atoms with E-state index in [1.165, 1.54) is 6.21 Å². The van der Waals surface area contributed by atoms with Gasteiger partial charge in [0, 0.05) is 30.4 Å². The lowest BCUT2D eigenvalue weighted by Gasteiger charge is -2.39. The number of hydrogen-bond donors (Lipinski definition) is 4. The van der Waals surface area contributed by atoms with Crippen LogP contribution >= 0.6 is 0 Å². The van der Waals surface area contributed by atoms with Gasteiger partial charge in [-0.2, -0.15) is 5.10 Å². The van der Waals surface area contributed by atoms with Crippen LogP contribution in [0, 0.1) is 10.8 Å². The molecule has 4 N–H and O–H groups in total. The zero-order valence-corrected chi connectivity index (χ0v) is 21.2. The van der Waals surface area contributed by atoms with E-state index in [-0.39, 0.29) is 12.0 Å². The van der Waals surface area contributed by atoms with Gasteiger partial charge in [-0.25, -0.2) is 9.97 Å². The van der Waals surface area contributed by atoms with E-state index in [9.17, 15) is 10.2 Å². The number of aliphatic hydroxyl groups is 2. The fourth-order valence-electron chi connectivity index (χ4n) is 5.39. The van der Waals surface area contributed by atoms with Gasteiger partial charge >= 0.3 is 0 Å². The van der Waals surface area contributed by atoms with Crippen LogP contribution in [-0.2, 0) is 17.9 Å². The molecule has 2 aromatic heterocycles. The number of hydrogen-bond acceptors (Lipinski definition) is 9. The summed E-state index contributed by atoms with van der Waals surface area (Å²) in [6.07, 6.45) is 6.40. The molecule has 0 unspecified atom stereocenters. The highest BCUT2D eigenvalue weighted by atomic mass is 16.5. The van der Waals surface area contributed by atoms with Gasteiger partial charge in [0.15, 0.2) is 11.6 Å². The number of rotatable bonds is 7. The average Bonchev–Trinajstić information content (AvgIpc) is 3.41. The maximum atomic E-state index is 10.2. The van der Waals surface area contributed by atoms with Crippen LogP contribution in [0.4, 0.5) is 17.3 Å². The van der Waals surface area contributed by atoms with Crippen LogP contribution in [0.3, 0.4) is 0 Å². The van der Waals surface area contributed by atoms with Crippen LogP contribution < -0.4 is 10.2 Å². The molecule has 3 aromatic rings. The summed E-state index contributed by atoms with van der Waals surface area (Å²) < 4.78 is 7.62. The normalized spacial score (nSPS) is 19.8. The molecule has 2 aliphatic heterocycles. The van der Waals surface area contributed by atoms with E-state index in [2.05, 4.69) is 27.2 Å². The van der Waals surface area contributed by atoms with Gasteiger partial charge in [0.2, 0.25) is 0 Å². The maximum Gasteiger partial charge on any atom is 0.158 e. The Kier molecular flexibility index (Phi) is 6.44. The number of aliphatic hydroxyl groups excluding tert-OH is 1. The van der Waals surface area contributed by atoms with Crippen molar-refractivity contribution in [3.8, 4) is 0 Å². The van der Waals surface area contributed by atoms with Crippen molar-refractivity contribution >= 4 is 34.4 Å². The highest BCUT2D eigenvalue weighted by Crippen LogP contribution is 2.42. The molecular weight excluding hydrogens is 458 g/mol. The predicted molar refractivity (Wildman–Crippen MR) is 139 cm³/mol. The van der Waals surface area contributed by atoms with Crippen LogP contribution in [-0.4, -0.2) is 67.6 Å². The minimum absolute atomic E-state index is 0.241. The first-order valence-corrected chi connectivity index (χ1v) is 12.5. The molecule has 0 amide bonds. The van der Waals surface area contributed by atoms with E-state index < -0.39 is 5.60 Å². The fraction of sp³-hybridized carbons (Fsp3) is 0.538. The zero-order chi connectivity index (χ0) is 25.5. The van der Waals surface area contributed by atoms with E-state index in [1.807, 2.05) is 18.2 Å². The van der Waals surface area contributed by atoms with Gasteiger partial charge in [-0.1, -0.05) is 0 Å². The van der Waals surface area contributed by atoms with E-state index in [1.54, 1.807) is 24.7 Å². The summed E-state index contributed by atoms with van der Waals surface area (Å²) >= 11 is 0. The zero-order valence-electron chi connectivity index (χ0n) is 21.2. The standard InChI is InChI=1S/C26H35N7O3/c1-17-11-26(16-36-17)6-8-32(9-7-26)24-21(14-34)30-23(20(12-27)31-24)29-19-5-4-18-13-28-33(22(18)10-19)15-25(2,3)35/h4-5,10,12-13,17,27,34-35H,6-9,11,14-16H2,1-3H3,(H,29,30)/t17-/m0/s1. The first kappa shape index (κ1) is 24.6. The molecule has 5 rings (SSSR count). The van der Waals surface area contributed by atoms with Crippen LogP contribution in [0.2, 0.25) is 0 Å². The van der Waals surface area contributed by atoms with Gasteiger partial charge in [-0.05, 0) is 63.6 Å². The number of nitrogens with zero attached hydrogens (tertiary/aromatic N) is 5. The first-order chi connectivity index (χ1) is 17.2. The smallest absolute Gasteiger partial charge is 0.158 e. The molecular formula is C26H35N7O3. The van der Waals surface area contributed by atoms with Crippen LogP contribution in [0.15, 0.2) is 24.4 Å². The molecule has 0 saturated carbocycles. The second kappa shape index (κ2) is 9.42. The molecule has 2 fully saturated rings. The Bertz CT molecular complexity index is 1260. The molecule has 4 heterocycles. The lowest BCUT2D eigenvalue weighted by molar-refractivity contribution is 0.0591. The summed E-state index contributed by atoms with van der Waals surface area (Å²) in [6, 6.07) is 5.79. The van der Waals surface area contributed by atoms with Crippen molar-refractivity contribution in [1.82, 2.24) is 19.7 Å². The van der Waals surface area contributed by atoms with Crippen LogP contribution in [0.25, 0.3) is 10.9 Å². The molecule has 1 spiro atoms. The molecule has 0 radical (unpaired) electrons. The third kappa shape index (κ3) is 4.93. The minimum Gasteiger partial charge on any atom is -0.390 e. The van der Waals surface area contributed by atoms with Crippen LogP contribution in [0.5, 0.6) is 0 Å². The number of nitrogens with one attached hydrogen (secondary N) is 2. The third-order valence-electron chi connectivity index (χ3n) is 7.22. The number of piperidine rings is 1. The van der Waals surface area contributed by atoms with E-state index in [0.717, 1.165) is 55.5 Å². The SMILES string of the molecule is C[C@H]1CC2(CCN(c3nc(C=N)c(Nc4ccc5cnn(CC(C)(C)O)c5c4)nc3CO)CC2)CO1. The van der Waals surface area contributed by atoms with Crippen molar-refractivity contribution in [2.75, 3.05) is 29.9 Å². The van der Waals surface area contributed by atoms with Crippen molar-refractivity contribution < 1.29 is 14.9 Å². The fourth-order valence-corrected chi connectivity index (χ4v) is 5.39. The number of fused-ring (bicyclic) bond motifs is 1. The molecule has 0 aliphatic carbocycles. The lowest BCUT2D eigenvalue weighted by Crippen LogP contribution is -2.41. The summed E-state index contributed by atoms with van der Waals surface area (Å²) in [5, 5.41) is 37.0. The van der Waals surface area contributed by atoms with E-state index >= 15 is 0 Å². The van der Waals surface area contributed by atoms with Gasteiger partial charge in [0.25, 0.3) is 0 Å². The molecule has 2 saturated heterocycles. The van der Waals surface area contributed by atoms with Gasteiger partial charge in [0.1, 0.15) is 11.4 Å². The predicted octanol–water partition coefficient (Wildman–Crippen LogP) is 3.23. The molecule has 0 bridgehead atoms. The van der Waals surface area contributed by atoms with Crippen molar-refractivity contribution in [2.24, 2.45) is 5.41 Å². The Labute approximate surface area is 210 Å². The Morgan fingerprint density at radius 2 is 2.06 bits per heavy atom. The Morgan fingerprint density at radius 3 is 2.69 bits per heavy atom. The molecule has 2 aliphatic rings. The van der Waals surface area contributed by atoms with Crippen molar-refractivity contribution in [1.29, 1.82) is 5.41 Å². The third-order valence-corrected chi connectivity index (χ3v) is 7.22. The number of ether oxygens (including phenoxy) is 1. The van der Waals surface area contributed by atoms with E-state index in [0.29, 0.717) is 35.7 Å². The van der Waals surface area contributed by atoms with Gasteiger partial charge < -0.3 is 30.6 Å². The first-order valence-electron chi connectivity index (χ1n) is 12.5. The second-order valence-electron chi connectivity index (χ2n) is 10.9. The van der Waals surface area contributed by atoms with Gasteiger partial charge in [-0.3, -0.25) is 4.68 Å². The molecule has 1 atom stereocenters. The quantitative estimate of drug-likeness (QED) is 0.369. The summed E-state index contributed by atoms with van der Waals surface area (Å²) in [5.41, 5.74) is 1.87. The number of aromatic nitrogens is 4. The second-order valence-corrected chi connectivity index (χ2v) is 10.9. The summed E-state index contributed by atoms with van der Waals surface area (Å²) in [6.45, 7) is 8.21. The monoisotopic (exact) mass is 493 g/mol. The minimum atomic E-state index is -0.899. The molecule has 1 aromatic carbocycles. The number of benzene rings is 1. The van der Waals surface area contributed by atoms with Crippen molar-refractivity contribution in [2.45, 2.75) is 64.9 Å². The summed E-state index contributed by atoms with van der Waals surface area (Å²) in [5.74, 6) is 1.05. The largest absolute Gasteiger partial charge is 0.390 e. The highest BCUT2D eigenvalue weighted by molar-refractivity contribution is 5.87. The average molecular weight is 494 g/mol. The molecule has 10 nitrogen and oxygen atoms in total. The molecule has 192 valence electrons. The Hall–Kier alpha value is -3.08. The summed E-state index contributed by atoms with van der Waals surface area (Å²) in [7, 11) is 0. The highest BCUT2D eigenvalue weighted by Gasteiger charge is 2.41. The Balaban J connectivity index is 1.39.